The fourth-order valence-electron chi connectivity index (χ4n) is 3.11. The van der Waals surface area contributed by atoms with Crippen LogP contribution in [0.15, 0.2) is 18.2 Å². The normalized spacial score (nSPS) is 27.1. The monoisotopic (exact) mass is 292 g/mol. The minimum atomic E-state index is -0.415. The summed E-state index contributed by atoms with van der Waals surface area (Å²) < 4.78 is 11.4. The molecule has 114 valence electrons. The molecule has 0 radical (unpaired) electrons. The molecule has 6 heteroatoms. The Bertz CT molecular complexity index is 546. The van der Waals surface area contributed by atoms with Crippen molar-refractivity contribution in [1.29, 1.82) is 0 Å². The lowest BCUT2D eigenvalue weighted by molar-refractivity contribution is -0.386. The number of hydrogen-bond acceptors (Lipinski definition) is 5. The molecule has 1 aromatic rings. The molecule has 2 saturated heterocycles. The number of ether oxygens (including phenoxy) is 2. The van der Waals surface area contributed by atoms with Gasteiger partial charge in [-0.3, -0.25) is 10.1 Å². The molecule has 1 aromatic carbocycles. The van der Waals surface area contributed by atoms with Crippen molar-refractivity contribution in [3.8, 4) is 5.75 Å². The first kappa shape index (κ1) is 14.1. The Hall–Kier alpha value is -1.82. The Morgan fingerprint density at radius 2 is 2.24 bits per heavy atom. The van der Waals surface area contributed by atoms with Gasteiger partial charge in [0.2, 0.25) is 0 Å². The van der Waals surface area contributed by atoms with Gasteiger partial charge < -0.3 is 14.8 Å². The van der Waals surface area contributed by atoms with Gasteiger partial charge >= 0.3 is 5.69 Å². The van der Waals surface area contributed by atoms with Crippen molar-refractivity contribution in [3.63, 3.8) is 0 Å². The summed E-state index contributed by atoms with van der Waals surface area (Å²) >= 11 is 0. The maximum Gasteiger partial charge on any atom is 0.311 e. The van der Waals surface area contributed by atoms with E-state index < -0.39 is 4.92 Å². The fourth-order valence-corrected chi connectivity index (χ4v) is 3.11. The van der Waals surface area contributed by atoms with Crippen molar-refractivity contribution in [2.45, 2.75) is 57.5 Å². The van der Waals surface area contributed by atoms with Gasteiger partial charge in [-0.2, -0.15) is 0 Å². The van der Waals surface area contributed by atoms with E-state index in [0.717, 1.165) is 24.9 Å². The molecule has 3 unspecified atom stereocenters. The Kier molecular flexibility index (Phi) is 3.71. The lowest BCUT2D eigenvalue weighted by atomic mass is 9.95. The van der Waals surface area contributed by atoms with E-state index in [9.17, 15) is 10.1 Å². The summed E-state index contributed by atoms with van der Waals surface area (Å²) in [5, 5.41) is 14.5. The molecule has 3 atom stereocenters. The first-order chi connectivity index (χ1) is 10.0. The topological polar surface area (TPSA) is 73.6 Å². The Morgan fingerprint density at radius 3 is 2.81 bits per heavy atom. The molecule has 0 saturated carbocycles. The van der Waals surface area contributed by atoms with Gasteiger partial charge in [-0.05, 0) is 39.2 Å². The highest BCUT2D eigenvalue weighted by atomic mass is 16.6. The van der Waals surface area contributed by atoms with E-state index >= 15 is 0 Å². The molecule has 3 rings (SSSR count). The molecule has 6 nitrogen and oxygen atoms in total. The van der Waals surface area contributed by atoms with Gasteiger partial charge in [-0.15, -0.1) is 0 Å². The van der Waals surface area contributed by atoms with Crippen LogP contribution >= 0.6 is 0 Å². The summed E-state index contributed by atoms with van der Waals surface area (Å²) in [5.41, 5.74) is 0.843. The van der Waals surface area contributed by atoms with Gasteiger partial charge in [0.1, 0.15) is 0 Å². The predicted molar refractivity (Wildman–Crippen MR) is 78.8 cm³/mol. The smallest absolute Gasteiger partial charge is 0.311 e. The van der Waals surface area contributed by atoms with Crippen molar-refractivity contribution < 1.29 is 14.4 Å². The minimum absolute atomic E-state index is 0.00144. The number of hydrogen-bond donors (Lipinski definition) is 1. The van der Waals surface area contributed by atoms with Gasteiger partial charge in [-0.1, -0.05) is 0 Å². The summed E-state index contributed by atoms with van der Waals surface area (Å²) in [6, 6.07) is 5.23. The average molecular weight is 292 g/mol. The third-order valence-corrected chi connectivity index (χ3v) is 3.98. The summed E-state index contributed by atoms with van der Waals surface area (Å²) in [7, 11) is 0. The zero-order valence-electron chi connectivity index (χ0n) is 12.2. The number of nitrogens with zero attached hydrogens (tertiary/aromatic N) is 1. The molecule has 2 bridgehead atoms. The van der Waals surface area contributed by atoms with Crippen molar-refractivity contribution in [2.24, 2.45) is 0 Å². The van der Waals surface area contributed by atoms with Crippen molar-refractivity contribution in [1.82, 2.24) is 0 Å². The first-order valence-electron chi connectivity index (χ1n) is 7.40. The molecule has 0 spiro atoms. The van der Waals surface area contributed by atoms with Crippen LogP contribution in [0.5, 0.6) is 5.75 Å². The van der Waals surface area contributed by atoms with Crippen LogP contribution in [0.25, 0.3) is 0 Å². The molecule has 0 amide bonds. The number of nitrogens with one attached hydrogen (secondary N) is 1. The van der Waals surface area contributed by atoms with Crippen LogP contribution in [0.4, 0.5) is 11.4 Å². The molecular weight excluding hydrogens is 272 g/mol. The van der Waals surface area contributed by atoms with Crippen LogP contribution in [-0.2, 0) is 4.74 Å². The highest BCUT2D eigenvalue weighted by Crippen LogP contribution is 2.37. The molecule has 0 aliphatic carbocycles. The van der Waals surface area contributed by atoms with Crippen molar-refractivity contribution in [2.75, 3.05) is 5.32 Å². The van der Waals surface area contributed by atoms with E-state index in [2.05, 4.69) is 5.32 Å². The van der Waals surface area contributed by atoms with E-state index in [4.69, 9.17) is 9.47 Å². The highest BCUT2D eigenvalue weighted by molar-refractivity contribution is 5.58. The second-order valence-corrected chi connectivity index (χ2v) is 5.97. The Labute approximate surface area is 123 Å². The number of nitro groups is 1. The summed E-state index contributed by atoms with van der Waals surface area (Å²) in [4.78, 5) is 10.6. The van der Waals surface area contributed by atoms with E-state index in [1.807, 2.05) is 13.8 Å². The standard InChI is InChI=1S/C15H20N2O4/c1-9(2)20-15-7-10(3-5-13(15)17(18)19)16-12-8-11-4-6-14(12)21-11/h3,5,7,9,11-12,14,16H,4,6,8H2,1-2H3. The summed E-state index contributed by atoms with van der Waals surface area (Å²) in [6.07, 6.45) is 3.76. The number of anilines is 1. The van der Waals surface area contributed by atoms with Crippen LogP contribution in [-0.4, -0.2) is 29.3 Å². The van der Waals surface area contributed by atoms with Gasteiger partial charge in [0, 0.05) is 17.8 Å². The lowest BCUT2D eigenvalue weighted by Gasteiger charge is -2.21. The molecule has 2 heterocycles. The van der Waals surface area contributed by atoms with Gasteiger partial charge in [0.05, 0.1) is 29.3 Å². The van der Waals surface area contributed by atoms with Crippen LogP contribution in [0.2, 0.25) is 0 Å². The maximum atomic E-state index is 11.0. The Morgan fingerprint density at radius 1 is 1.43 bits per heavy atom. The zero-order valence-corrected chi connectivity index (χ0v) is 12.2. The van der Waals surface area contributed by atoms with Crippen molar-refractivity contribution >= 4 is 11.4 Å². The number of nitro benzene ring substituents is 1. The van der Waals surface area contributed by atoms with E-state index in [0.29, 0.717) is 11.9 Å². The summed E-state index contributed by atoms with van der Waals surface area (Å²) in [6.45, 7) is 3.71. The molecular formula is C15H20N2O4. The molecule has 21 heavy (non-hydrogen) atoms. The van der Waals surface area contributed by atoms with E-state index in [-0.39, 0.29) is 23.9 Å². The number of benzene rings is 1. The van der Waals surface area contributed by atoms with Crippen LogP contribution in [0.3, 0.4) is 0 Å². The SMILES string of the molecule is CC(C)Oc1cc(NC2CC3CCC2O3)ccc1[N+](=O)[O-]. The summed E-state index contributed by atoms with van der Waals surface area (Å²) in [5.74, 6) is 0.309. The van der Waals surface area contributed by atoms with Gasteiger partial charge in [-0.25, -0.2) is 0 Å². The largest absolute Gasteiger partial charge is 0.484 e. The van der Waals surface area contributed by atoms with Crippen LogP contribution < -0.4 is 10.1 Å². The van der Waals surface area contributed by atoms with Crippen molar-refractivity contribution in [3.05, 3.63) is 28.3 Å². The minimum Gasteiger partial charge on any atom is -0.484 e. The Balaban J connectivity index is 1.78. The highest BCUT2D eigenvalue weighted by Gasteiger charge is 2.40. The molecule has 2 aliphatic heterocycles. The molecule has 1 N–H and O–H groups in total. The third-order valence-electron chi connectivity index (χ3n) is 3.98. The number of fused-ring (bicyclic) bond motifs is 2. The van der Waals surface area contributed by atoms with E-state index in [1.54, 1.807) is 12.1 Å². The second-order valence-electron chi connectivity index (χ2n) is 5.97. The quantitative estimate of drug-likeness (QED) is 0.666. The van der Waals surface area contributed by atoms with Gasteiger partial charge in [0.15, 0.2) is 5.75 Å². The molecule has 2 aliphatic rings. The van der Waals surface area contributed by atoms with E-state index in [1.165, 1.54) is 6.07 Å². The molecule has 2 fully saturated rings. The maximum absolute atomic E-state index is 11.0. The fraction of sp³-hybridized carbons (Fsp3) is 0.600. The molecule has 0 aromatic heterocycles. The zero-order chi connectivity index (χ0) is 15.0. The van der Waals surface area contributed by atoms with Crippen LogP contribution in [0, 0.1) is 10.1 Å². The lowest BCUT2D eigenvalue weighted by Crippen LogP contribution is -2.30. The third kappa shape index (κ3) is 2.95. The average Bonchev–Trinajstić information content (AvgIpc) is 3.00. The second kappa shape index (κ2) is 5.52. The van der Waals surface area contributed by atoms with Crippen LogP contribution in [0.1, 0.15) is 33.1 Å². The predicted octanol–water partition coefficient (Wildman–Crippen LogP) is 3.11. The number of rotatable bonds is 5. The first-order valence-corrected chi connectivity index (χ1v) is 7.40. The van der Waals surface area contributed by atoms with Gasteiger partial charge in [0.25, 0.3) is 0 Å².